The zero-order chi connectivity index (χ0) is 11.9. The molecule has 3 amide bonds. The molecule has 2 rings (SSSR count). The van der Waals surface area contributed by atoms with E-state index in [1.165, 1.54) is 4.90 Å². The summed E-state index contributed by atoms with van der Waals surface area (Å²) in [7, 11) is 0. The normalized spacial score (nSPS) is 30.2. The molecule has 2 aliphatic rings. The van der Waals surface area contributed by atoms with Crippen LogP contribution in [-0.4, -0.2) is 41.1 Å². The van der Waals surface area contributed by atoms with Crippen LogP contribution in [0, 0.1) is 11.8 Å². The number of nitrogens with zero attached hydrogens (tertiary/aromatic N) is 1. The Labute approximate surface area is 98.1 Å². The van der Waals surface area contributed by atoms with Crippen molar-refractivity contribution in [3.63, 3.8) is 0 Å². The molecule has 0 radical (unpaired) electrons. The first-order valence-electron chi connectivity index (χ1n) is 5.32. The van der Waals surface area contributed by atoms with Crippen molar-refractivity contribution in [1.82, 2.24) is 10.2 Å². The van der Waals surface area contributed by atoms with Crippen molar-refractivity contribution in [3.8, 4) is 0 Å². The van der Waals surface area contributed by atoms with Gasteiger partial charge in [-0.05, 0) is 6.42 Å². The minimum absolute atomic E-state index is 0.181. The number of nitrogens with one attached hydrogen (secondary N) is 1. The summed E-state index contributed by atoms with van der Waals surface area (Å²) in [6, 6.07) is 0. The number of halogens is 1. The van der Waals surface area contributed by atoms with Crippen LogP contribution >= 0.6 is 11.6 Å². The summed E-state index contributed by atoms with van der Waals surface area (Å²) in [5.74, 6) is -1.48. The fourth-order valence-corrected chi connectivity index (χ4v) is 2.33. The molecule has 0 aliphatic carbocycles. The molecular weight excluding hydrogens is 232 g/mol. The van der Waals surface area contributed by atoms with E-state index in [2.05, 4.69) is 5.32 Å². The molecule has 88 valence electrons. The van der Waals surface area contributed by atoms with E-state index >= 15 is 0 Å². The Morgan fingerprint density at radius 1 is 1.44 bits per heavy atom. The fraction of sp³-hybridized carbons (Fsp3) is 0.700. The molecule has 0 aromatic carbocycles. The Morgan fingerprint density at radius 2 is 1.94 bits per heavy atom. The molecule has 2 saturated heterocycles. The van der Waals surface area contributed by atoms with Crippen molar-refractivity contribution in [2.75, 3.05) is 13.1 Å². The van der Waals surface area contributed by atoms with Gasteiger partial charge in [0, 0.05) is 13.1 Å². The third-order valence-corrected chi connectivity index (χ3v) is 3.67. The molecular formula is C10H13ClN2O3. The van der Waals surface area contributed by atoms with Crippen LogP contribution in [0.2, 0.25) is 0 Å². The highest BCUT2D eigenvalue weighted by Crippen LogP contribution is 2.29. The number of alkyl halides is 1. The molecule has 0 bridgehead atoms. The summed E-state index contributed by atoms with van der Waals surface area (Å²) >= 11 is 5.85. The van der Waals surface area contributed by atoms with Crippen LogP contribution in [0.4, 0.5) is 0 Å². The summed E-state index contributed by atoms with van der Waals surface area (Å²) < 4.78 is 0. The van der Waals surface area contributed by atoms with Crippen LogP contribution in [0.25, 0.3) is 0 Å². The number of fused-ring (bicyclic) bond motifs is 1. The molecule has 0 saturated carbocycles. The first-order chi connectivity index (χ1) is 7.54. The summed E-state index contributed by atoms with van der Waals surface area (Å²) in [6.07, 6.45) is 0.548. The number of imide groups is 1. The largest absolute Gasteiger partial charge is 0.340 e. The predicted molar refractivity (Wildman–Crippen MR) is 56.6 cm³/mol. The summed E-state index contributed by atoms with van der Waals surface area (Å²) in [5, 5.41) is 1.71. The highest BCUT2D eigenvalue weighted by Gasteiger charge is 2.49. The van der Waals surface area contributed by atoms with Crippen molar-refractivity contribution in [2.24, 2.45) is 11.8 Å². The van der Waals surface area contributed by atoms with Crippen LogP contribution in [0.1, 0.15) is 13.3 Å². The molecule has 2 heterocycles. The first kappa shape index (κ1) is 11.4. The molecule has 3 atom stereocenters. The van der Waals surface area contributed by atoms with E-state index in [9.17, 15) is 14.4 Å². The van der Waals surface area contributed by atoms with Crippen LogP contribution in [0.3, 0.4) is 0 Å². The van der Waals surface area contributed by atoms with Crippen molar-refractivity contribution in [3.05, 3.63) is 0 Å². The van der Waals surface area contributed by atoms with Gasteiger partial charge in [0.05, 0.1) is 11.8 Å². The maximum absolute atomic E-state index is 11.8. The predicted octanol–water partition coefficient (Wildman–Crippen LogP) is -0.265. The lowest BCUT2D eigenvalue weighted by atomic mass is 10.00. The van der Waals surface area contributed by atoms with E-state index in [1.54, 1.807) is 0 Å². The van der Waals surface area contributed by atoms with E-state index in [1.807, 2.05) is 6.92 Å². The Kier molecular flexibility index (Phi) is 2.88. The van der Waals surface area contributed by atoms with Gasteiger partial charge in [-0.25, -0.2) is 0 Å². The van der Waals surface area contributed by atoms with Gasteiger partial charge in [0.2, 0.25) is 17.7 Å². The Hall–Kier alpha value is -1.10. The van der Waals surface area contributed by atoms with Crippen molar-refractivity contribution >= 4 is 29.3 Å². The molecule has 0 aromatic rings. The minimum atomic E-state index is -0.558. The third-order valence-electron chi connectivity index (χ3n) is 3.18. The lowest BCUT2D eigenvalue weighted by Gasteiger charge is -2.19. The number of hydrogen-bond acceptors (Lipinski definition) is 3. The maximum atomic E-state index is 11.8. The van der Waals surface area contributed by atoms with Gasteiger partial charge in [0.15, 0.2) is 0 Å². The van der Waals surface area contributed by atoms with E-state index in [0.29, 0.717) is 19.5 Å². The van der Waals surface area contributed by atoms with Gasteiger partial charge in [0.25, 0.3) is 0 Å². The fourth-order valence-electron chi connectivity index (χ4n) is 2.19. The van der Waals surface area contributed by atoms with E-state index in [0.717, 1.165) is 0 Å². The average molecular weight is 245 g/mol. The SMILES string of the molecule is CC[C@@H](Cl)C(=O)N1C[C@@H]2C(=O)NC(=O)[C@@H]2C1. The molecule has 0 spiro atoms. The number of rotatable bonds is 2. The quantitative estimate of drug-likeness (QED) is 0.537. The van der Waals surface area contributed by atoms with Gasteiger partial charge in [-0.3, -0.25) is 19.7 Å². The van der Waals surface area contributed by atoms with Crippen LogP contribution in [-0.2, 0) is 14.4 Å². The molecule has 0 unspecified atom stereocenters. The van der Waals surface area contributed by atoms with Gasteiger partial charge in [-0.2, -0.15) is 0 Å². The minimum Gasteiger partial charge on any atom is -0.340 e. The van der Waals surface area contributed by atoms with Gasteiger partial charge in [-0.1, -0.05) is 6.92 Å². The summed E-state index contributed by atoms with van der Waals surface area (Å²) in [5.41, 5.74) is 0. The monoisotopic (exact) mass is 244 g/mol. The molecule has 2 aliphatic heterocycles. The number of amides is 3. The van der Waals surface area contributed by atoms with Gasteiger partial charge in [-0.15, -0.1) is 11.6 Å². The van der Waals surface area contributed by atoms with Crippen LogP contribution < -0.4 is 5.32 Å². The van der Waals surface area contributed by atoms with E-state index < -0.39 is 5.38 Å². The zero-order valence-electron chi connectivity index (χ0n) is 8.90. The van der Waals surface area contributed by atoms with Crippen molar-refractivity contribution in [2.45, 2.75) is 18.7 Å². The third kappa shape index (κ3) is 1.69. The topological polar surface area (TPSA) is 66.5 Å². The standard InChI is InChI=1S/C10H13ClN2O3/c1-2-7(11)10(16)13-3-5-6(4-13)9(15)12-8(5)14/h5-7H,2-4H2,1H3,(H,12,14,15)/t5-,6+,7-/m1/s1. The smallest absolute Gasteiger partial charge is 0.240 e. The second-order valence-corrected chi connectivity index (χ2v) is 4.71. The molecule has 0 aromatic heterocycles. The lowest BCUT2D eigenvalue weighted by molar-refractivity contribution is -0.131. The summed E-state index contributed by atoms with van der Waals surface area (Å²) in [6.45, 7) is 2.44. The highest BCUT2D eigenvalue weighted by atomic mass is 35.5. The number of likely N-dealkylation sites (tertiary alicyclic amines) is 1. The van der Waals surface area contributed by atoms with Crippen molar-refractivity contribution < 1.29 is 14.4 Å². The second-order valence-electron chi connectivity index (χ2n) is 4.19. The maximum Gasteiger partial charge on any atom is 0.240 e. The Morgan fingerprint density at radius 3 is 2.38 bits per heavy atom. The molecule has 2 fully saturated rings. The highest BCUT2D eigenvalue weighted by molar-refractivity contribution is 6.30. The van der Waals surface area contributed by atoms with Gasteiger partial charge >= 0.3 is 0 Å². The Balaban J connectivity index is 2.06. The lowest BCUT2D eigenvalue weighted by Crippen LogP contribution is -2.38. The molecule has 5 nitrogen and oxygen atoms in total. The first-order valence-corrected chi connectivity index (χ1v) is 5.75. The molecule has 6 heteroatoms. The number of hydrogen-bond donors (Lipinski definition) is 1. The zero-order valence-corrected chi connectivity index (χ0v) is 9.66. The van der Waals surface area contributed by atoms with E-state index in [-0.39, 0.29) is 29.6 Å². The second kappa shape index (κ2) is 4.05. The molecule has 1 N–H and O–H groups in total. The average Bonchev–Trinajstić information content (AvgIpc) is 2.80. The van der Waals surface area contributed by atoms with Crippen LogP contribution in [0.5, 0.6) is 0 Å². The van der Waals surface area contributed by atoms with Gasteiger partial charge in [0.1, 0.15) is 5.38 Å². The van der Waals surface area contributed by atoms with Gasteiger partial charge < -0.3 is 4.90 Å². The number of carbonyl (C=O) groups excluding carboxylic acids is 3. The Bertz CT molecular complexity index is 336. The molecule has 16 heavy (non-hydrogen) atoms. The summed E-state index contributed by atoms with van der Waals surface area (Å²) in [4.78, 5) is 36.0. The van der Waals surface area contributed by atoms with Crippen molar-refractivity contribution in [1.29, 1.82) is 0 Å². The van der Waals surface area contributed by atoms with E-state index in [4.69, 9.17) is 11.6 Å². The van der Waals surface area contributed by atoms with Crippen LogP contribution in [0.15, 0.2) is 0 Å². The number of carbonyl (C=O) groups is 3.